The average Bonchev–Trinajstić information content (AvgIpc) is 2.50. The highest BCUT2D eigenvalue weighted by molar-refractivity contribution is 6.76. The van der Waals surface area contributed by atoms with Crippen molar-refractivity contribution in [3.05, 3.63) is 0 Å². The van der Waals surface area contributed by atoms with Gasteiger partial charge in [-0.25, -0.2) is 4.39 Å². The van der Waals surface area contributed by atoms with Gasteiger partial charge in [-0.2, -0.15) is 0 Å². The zero-order valence-electron chi connectivity index (χ0n) is 14.4. The number of rotatable bonds is 5. The Hall–Kier alpha value is -1.36. The van der Waals surface area contributed by atoms with E-state index in [1.807, 2.05) is 0 Å². The van der Waals surface area contributed by atoms with E-state index in [1.54, 1.807) is 0 Å². The van der Waals surface area contributed by atoms with Crippen LogP contribution in [-0.4, -0.2) is 65.0 Å². The summed E-state index contributed by atoms with van der Waals surface area (Å²) in [6, 6.07) is 0. The fourth-order valence-corrected chi connectivity index (χ4v) is 2.27. The summed E-state index contributed by atoms with van der Waals surface area (Å²) in [6.07, 6.45) is -8.52. The molecule has 0 saturated carbocycles. The highest BCUT2D eigenvalue weighted by Gasteiger charge is 2.53. The van der Waals surface area contributed by atoms with E-state index in [4.69, 9.17) is 63.9 Å². The molecule has 1 saturated heterocycles. The van der Waals surface area contributed by atoms with Gasteiger partial charge in [0, 0.05) is 20.8 Å². The van der Waals surface area contributed by atoms with Gasteiger partial charge in [-0.05, 0) is 0 Å². The molecule has 1 heterocycles. The lowest BCUT2D eigenvalue weighted by Crippen LogP contribution is -2.61. The van der Waals surface area contributed by atoms with Crippen LogP contribution in [0.3, 0.4) is 0 Å². The molecule has 0 radical (unpaired) electrons. The normalized spacial score (nSPS) is 28.0. The summed E-state index contributed by atoms with van der Waals surface area (Å²) in [4.78, 5) is 33.8. The molecule has 154 valence electrons. The Kier molecular flexibility index (Phi) is 8.52. The third-order valence-corrected chi connectivity index (χ3v) is 3.63. The molecule has 0 bridgehead atoms. The minimum Gasteiger partial charge on any atom is -0.463 e. The van der Waals surface area contributed by atoms with E-state index in [0.717, 1.165) is 20.8 Å². The number of alkyl halides is 4. The number of carbonyl (C=O) groups is 3. The maximum atomic E-state index is 14.8. The predicted molar refractivity (Wildman–Crippen MR) is 90.4 cm³/mol. The minimum absolute atomic E-state index is 0.487. The van der Waals surface area contributed by atoms with Crippen molar-refractivity contribution in [3.63, 3.8) is 0 Å². The summed E-state index contributed by atoms with van der Waals surface area (Å²) in [7, 11) is 0. The van der Waals surface area contributed by atoms with Crippen molar-refractivity contribution in [2.45, 2.75) is 55.3 Å². The molecule has 13 heteroatoms. The van der Waals surface area contributed by atoms with Crippen molar-refractivity contribution < 1.29 is 42.5 Å². The third-order valence-electron chi connectivity index (χ3n) is 3.12. The highest BCUT2D eigenvalue weighted by Crippen LogP contribution is 2.33. The van der Waals surface area contributed by atoms with E-state index in [0.29, 0.717) is 0 Å². The molecule has 0 amide bonds. The first kappa shape index (κ1) is 23.7. The first-order valence-corrected chi connectivity index (χ1v) is 8.56. The van der Waals surface area contributed by atoms with E-state index in [-0.39, 0.29) is 0 Å². The highest BCUT2D eigenvalue weighted by atomic mass is 35.6. The Bertz CT molecular complexity index is 599. The molecule has 0 spiro atoms. The van der Waals surface area contributed by atoms with E-state index in [2.05, 4.69) is 0 Å². The van der Waals surface area contributed by atoms with Crippen LogP contribution in [0.5, 0.6) is 0 Å². The van der Waals surface area contributed by atoms with Gasteiger partial charge in [0.2, 0.25) is 18.4 Å². The number of halogens is 4. The fourth-order valence-electron chi connectivity index (χ4n) is 2.14. The Balaban J connectivity index is 3.14. The molecule has 0 aromatic carbocycles. The monoisotopic (exact) mass is 451 g/mol. The van der Waals surface area contributed by atoms with Gasteiger partial charge >= 0.3 is 17.9 Å². The van der Waals surface area contributed by atoms with Crippen molar-refractivity contribution in [2.75, 3.05) is 6.61 Å². The Morgan fingerprint density at radius 2 is 1.52 bits per heavy atom. The van der Waals surface area contributed by atoms with Gasteiger partial charge in [0.15, 0.2) is 12.2 Å². The zero-order chi connectivity index (χ0) is 20.9. The summed E-state index contributed by atoms with van der Waals surface area (Å²) >= 11 is 16.5. The van der Waals surface area contributed by atoms with Gasteiger partial charge < -0.3 is 23.7 Å². The van der Waals surface area contributed by atoms with Crippen LogP contribution in [-0.2, 0) is 38.1 Å². The number of ether oxygens (including phenoxy) is 5. The molecule has 1 rings (SSSR count). The molecule has 0 unspecified atom stereocenters. The number of carbonyl (C=O) groups excluding carboxylic acids is 3. The van der Waals surface area contributed by atoms with Crippen molar-refractivity contribution >= 4 is 58.6 Å². The molecule has 0 aromatic heterocycles. The first-order valence-electron chi connectivity index (χ1n) is 7.42. The standard InChI is InChI=1S/C14H17Cl3FNO8/c1-5(20)23-4-8-10(24-6(2)21)11(25-7(3)22)9(18)12(26-8)27-13(19)14(15,16)17/h8-12,19H,4H2,1-3H3/t8-,9-,10+,11-,12-/m1/s1. The lowest BCUT2D eigenvalue weighted by Gasteiger charge is -2.41. The Labute approximate surface area is 168 Å². The van der Waals surface area contributed by atoms with E-state index < -0.39 is 65.0 Å². The van der Waals surface area contributed by atoms with E-state index in [1.165, 1.54) is 0 Å². The smallest absolute Gasteiger partial charge is 0.303 e. The zero-order valence-corrected chi connectivity index (χ0v) is 16.6. The lowest BCUT2D eigenvalue weighted by molar-refractivity contribution is -0.275. The summed E-state index contributed by atoms with van der Waals surface area (Å²) in [5, 5.41) is 7.53. The third kappa shape index (κ3) is 7.28. The second-order valence-electron chi connectivity index (χ2n) is 5.38. The van der Waals surface area contributed by atoms with Crippen LogP contribution in [0.4, 0.5) is 4.39 Å². The van der Waals surface area contributed by atoms with Crippen molar-refractivity contribution in [1.82, 2.24) is 0 Å². The van der Waals surface area contributed by atoms with Gasteiger partial charge in [0.05, 0.1) is 0 Å². The maximum absolute atomic E-state index is 14.8. The van der Waals surface area contributed by atoms with Crippen molar-refractivity contribution in [3.8, 4) is 0 Å². The molecule has 9 nitrogen and oxygen atoms in total. The largest absolute Gasteiger partial charge is 0.463 e. The van der Waals surface area contributed by atoms with Gasteiger partial charge in [0.25, 0.3) is 3.79 Å². The van der Waals surface area contributed by atoms with Gasteiger partial charge in [-0.1, -0.05) is 34.8 Å². The molecule has 0 aromatic rings. The van der Waals surface area contributed by atoms with Crippen LogP contribution in [0.2, 0.25) is 0 Å². The number of hydrogen-bond donors (Lipinski definition) is 1. The van der Waals surface area contributed by atoms with E-state index >= 15 is 0 Å². The second kappa shape index (κ2) is 9.72. The van der Waals surface area contributed by atoms with Crippen LogP contribution in [0.25, 0.3) is 0 Å². The summed E-state index contributed by atoms with van der Waals surface area (Å²) in [6.45, 7) is 2.67. The molecule has 1 fully saturated rings. The van der Waals surface area contributed by atoms with Gasteiger partial charge in [-0.3, -0.25) is 19.8 Å². The molecular weight excluding hydrogens is 436 g/mol. The Morgan fingerprint density at radius 3 is 1.96 bits per heavy atom. The molecule has 1 aliphatic heterocycles. The molecule has 27 heavy (non-hydrogen) atoms. The minimum atomic E-state index is -2.31. The first-order chi connectivity index (χ1) is 12.3. The second-order valence-corrected chi connectivity index (χ2v) is 7.66. The fraction of sp³-hybridized carbons (Fsp3) is 0.714. The van der Waals surface area contributed by atoms with E-state index in [9.17, 15) is 18.8 Å². The quantitative estimate of drug-likeness (QED) is 0.220. The van der Waals surface area contributed by atoms with Crippen molar-refractivity contribution in [1.29, 1.82) is 5.41 Å². The number of hydrogen-bond acceptors (Lipinski definition) is 9. The van der Waals surface area contributed by atoms with Gasteiger partial charge in [0.1, 0.15) is 12.7 Å². The molecule has 1 aliphatic rings. The molecular formula is C14H17Cl3FNO8. The molecule has 5 atom stereocenters. The molecule has 1 N–H and O–H groups in total. The number of esters is 3. The topological polar surface area (TPSA) is 121 Å². The van der Waals surface area contributed by atoms with Crippen LogP contribution in [0.15, 0.2) is 0 Å². The van der Waals surface area contributed by atoms with Gasteiger partial charge in [-0.15, -0.1) is 0 Å². The van der Waals surface area contributed by atoms with Crippen LogP contribution < -0.4 is 0 Å². The van der Waals surface area contributed by atoms with Crippen LogP contribution in [0, 0.1) is 5.41 Å². The number of nitrogens with one attached hydrogen (secondary N) is 1. The predicted octanol–water partition coefficient (Wildman–Crippen LogP) is 1.84. The SMILES string of the molecule is CC(=O)OC[C@H]1O[C@H](OC(=N)C(Cl)(Cl)Cl)[C@H](F)[C@@H](OC(C)=O)[C@H]1OC(C)=O. The maximum Gasteiger partial charge on any atom is 0.303 e. The van der Waals surface area contributed by atoms with Crippen LogP contribution in [0.1, 0.15) is 20.8 Å². The summed E-state index contributed by atoms with van der Waals surface area (Å²) in [5.74, 6) is -3.37. The Morgan fingerprint density at radius 1 is 1.00 bits per heavy atom. The average molecular weight is 453 g/mol. The summed E-state index contributed by atoms with van der Waals surface area (Å²) < 4.78 is 37.4. The lowest BCUT2D eigenvalue weighted by atomic mass is 9.99. The molecule has 0 aliphatic carbocycles. The van der Waals surface area contributed by atoms with Crippen LogP contribution >= 0.6 is 34.8 Å². The summed E-state index contributed by atoms with van der Waals surface area (Å²) in [5.41, 5.74) is 0. The van der Waals surface area contributed by atoms with Crippen molar-refractivity contribution in [2.24, 2.45) is 0 Å².